The van der Waals surface area contributed by atoms with Gasteiger partial charge >= 0.3 is 12.3 Å². The van der Waals surface area contributed by atoms with Crippen LogP contribution in [0.1, 0.15) is 37.8 Å². The second-order valence-electron chi connectivity index (χ2n) is 5.79. The summed E-state index contributed by atoms with van der Waals surface area (Å²) in [6, 6.07) is 3.82. The van der Waals surface area contributed by atoms with Crippen molar-refractivity contribution in [2.75, 3.05) is 0 Å². The highest BCUT2D eigenvalue weighted by Crippen LogP contribution is 2.26. The number of rotatable bonds is 6. The summed E-state index contributed by atoms with van der Waals surface area (Å²) in [5.74, 6) is -2.02. The van der Waals surface area contributed by atoms with Crippen LogP contribution in [0.2, 0.25) is 0 Å². The summed E-state index contributed by atoms with van der Waals surface area (Å²) >= 11 is 0. The summed E-state index contributed by atoms with van der Waals surface area (Å²) in [5.41, 5.74) is 0.358. The van der Waals surface area contributed by atoms with Crippen molar-refractivity contribution >= 4 is 11.9 Å². The molecule has 1 aliphatic heterocycles. The Bertz CT molecular complexity index is 617. The average molecular weight is 361 g/mol. The molecule has 138 valence electrons. The molecule has 1 heterocycles. The van der Waals surface area contributed by atoms with E-state index in [1.165, 1.54) is 12.1 Å². The van der Waals surface area contributed by atoms with Gasteiger partial charge in [-0.25, -0.2) is 0 Å². The first kappa shape index (κ1) is 19.0. The Morgan fingerprint density at radius 2 is 1.96 bits per heavy atom. The summed E-state index contributed by atoms with van der Waals surface area (Å²) in [7, 11) is 0. The number of halogens is 3. The van der Waals surface area contributed by atoms with Gasteiger partial charge in [0.2, 0.25) is 5.91 Å². The van der Waals surface area contributed by atoms with Gasteiger partial charge in [0.05, 0.1) is 18.6 Å². The first-order valence-corrected chi connectivity index (χ1v) is 7.67. The van der Waals surface area contributed by atoms with E-state index < -0.39 is 42.6 Å². The minimum Gasteiger partial charge on any atom is -0.481 e. The van der Waals surface area contributed by atoms with Crippen molar-refractivity contribution in [3.63, 3.8) is 0 Å². The second kappa shape index (κ2) is 7.73. The van der Waals surface area contributed by atoms with E-state index in [1.807, 2.05) is 6.92 Å². The molecule has 0 aromatic heterocycles. The molecular formula is C16H18F3NO5. The highest BCUT2D eigenvalue weighted by molar-refractivity contribution is 5.82. The lowest BCUT2D eigenvalue weighted by Crippen LogP contribution is -2.38. The zero-order valence-electron chi connectivity index (χ0n) is 13.4. The maximum atomic E-state index is 12.2. The Balaban J connectivity index is 2.08. The summed E-state index contributed by atoms with van der Waals surface area (Å²) < 4.78 is 45.7. The molecule has 1 aromatic rings. The predicted molar refractivity (Wildman–Crippen MR) is 79.8 cm³/mol. The van der Waals surface area contributed by atoms with Crippen molar-refractivity contribution < 1.29 is 37.3 Å². The molecule has 25 heavy (non-hydrogen) atoms. The number of carboxylic acid groups (broad SMARTS) is 1. The molecule has 1 aromatic carbocycles. The predicted octanol–water partition coefficient (Wildman–Crippen LogP) is 2.78. The van der Waals surface area contributed by atoms with E-state index in [9.17, 15) is 22.8 Å². The number of carbonyl (C=O) groups is 2. The van der Waals surface area contributed by atoms with Gasteiger partial charge in [-0.1, -0.05) is 12.1 Å². The van der Waals surface area contributed by atoms with E-state index in [1.54, 1.807) is 0 Å². The lowest BCUT2D eigenvalue weighted by molar-refractivity contribution is -0.274. The molecular weight excluding hydrogens is 343 g/mol. The number of carboxylic acids is 1. The maximum absolute atomic E-state index is 12.2. The monoisotopic (exact) mass is 361 g/mol. The first-order valence-electron chi connectivity index (χ1n) is 7.67. The number of amides is 1. The molecule has 3 atom stereocenters. The number of ether oxygens (including phenoxy) is 2. The van der Waals surface area contributed by atoms with Crippen LogP contribution in [0.15, 0.2) is 24.3 Å². The van der Waals surface area contributed by atoms with Crippen LogP contribution in [0.3, 0.4) is 0 Å². The standard InChI is InChI=1S/C16H18F3NO5/c1-9-2-7-13(24-9)15(23)20-12(8-14(21)22)10-3-5-11(6-4-10)25-16(17,18)19/h3-6,9,12-13H,2,7-8H2,1H3,(H,20,23)(H,21,22). The molecule has 9 heteroatoms. The summed E-state index contributed by atoms with van der Waals surface area (Å²) in [4.78, 5) is 23.2. The van der Waals surface area contributed by atoms with Gasteiger partial charge in [-0.05, 0) is 37.5 Å². The SMILES string of the molecule is CC1CCC(C(=O)NC(CC(=O)O)c2ccc(OC(F)(F)F)cc2)O1. The Morgan fingerprint density at radius 1 is 1.32 bits per heavy atom. The Labute approximate surface area is 141 Å². The van der Waals surface area contributed by atoms with Crippen LogP contribution >= 0.6 is 0 Å². The molecule has 0 aliphatic carbocycles. The Morgan fingerprint density at radius 3 is 2.44 bits per heavy atom. The minimum atomic E-state index is -4.81. The van der Waals surface area contributed by atoms with Gasteiger partial charge in [0, 0.05) is 0 Å². The van der Waals surface area contributed by atoms with Crippen molar-refractivity contribution in [3.8, 4) is 5.75 Å². The van der Waals surface area contributed by atoms with Gasteiger partial charge in [-0.3, -0.25) is 9.59 Å². The first-order chi connectivity index (χ1) is 11.6. The molecule has 6 nitrogen and oxygen atoms in total. The van der Waals surface area contributed by atoms with E-state index in [0.717, 1.165) is 18.6 Å². The number of aliphatic carboxylic acids is 1. The molecule has 2 N–H and O–H groups in total. The van der Waals surface area contributed by atoms with Crippen molar-refractivity contribution in [3.05, 3.63) is 29.8 Å². The zero-order valence-corrected chi connectivity index (χ0v) is 13.4. The van der Waals surface area contributed by atoms with Crippen LogP contribution in [0.5, 0.6) is 5.75 Å². The van der Waals surface area contributed by atoms with E-state index >= 15 is 0 Å². The molecule has 0 bridgehead atoms. The molecule has 0 saturated carbocycles. The molecule has 1 amide bonds. The highest BCUT2D eigenvalue weighted by Gasteiger charge is 2.32. The third kappa shape index (κ3) is 5.93. The van der Waals surface area contributed by atoms with Crippen molar-refractivity contribution in [1.29, 1.82) is 0 Å². The third-order valence-electron chi connectivity index (χ3n) is 3.74. The van der Waals surface area contributed by atoms with E-state index in [2.05, 4.69) is 10.1 Å². The van der Waals surface area contributed by atoms with Crippen LogP contribution < -0.4 is 10.1 Å². The van der Waals surface area contributed by atoms with Crippen LogP contribution in [0, 0.1) is 0 Å². The van der Waals surface area contributed by atoms with Crippen molar-refractivity contribution in [2.24, 2.45) is 0 Å². The lowest BCUT2D eigenvalue weighted by atomic mass is 10.0. The van der Waals surface area contributed by atoms with Gasteiger partial charge in [0.25, 0.3) is 0 Å². The smallest absolute Gasteiger partial charge is 0.481 e. The molecule has 0 spiro atoms. The Kier molecular flexibility index (Phi) is 5.89. The molecule has 0 radical (unpaired) electrons. The third-order valence-corrected chi connectivity index (χ3v) is 3.74. The lowest BCUT2D eigenvalue weighted by Gasteiger charge is -2.20. The fourth-order valence-corrected chi connectivity index (χ4v) is 2.59. The van der Waals surface area contributed by atoms with Crippen LogP contribution in [0.25, 0.3) is 0 Å². The fourth-order valence-electron chi connectivity index (χ4n) is 2.59. The maximum Gasteiger partial charge on any atom is 0.573 e. The fraction of sp³-hybridized carbons (Fsp3) is 0.500. The van der Waals surface area contributed by atoms with Gasteiger partial charge in [-0.15, -0.1) is 13.2 Å². The molecule has 1 aliphatic rings. The quantitative estimate of drug-likeness (QED) is 0.814. The van der Waals surface area contributed by atoms with E-state index in [0.29, 0.717) is 12.0 Å². The van der Waals surface area contributed by atoms with Crippen LogP contribution in [0.4, 0.5) is 13.2 Å². The Hall–Kier alpha value is -2.29. The van der Waals surface area contributed by atoms with E-state index in [4.69, 9.17) is 9.84 Å². The van der Waals surface area contributed by atoms with Gasteiger partial charge in [0.15, 0.2) is 0 Å². The number of nitrogens with one attached hydrogen (secondary N) is 1. The summed E-state index contributed by atoms with van der Waals surface area (Å²) in [6.45, 7) is 1.83. The topological polar surface area (TPSA) is 84.9 Å². The number of hydrogen-bond donors (Lipinski definition) is 2. The largest absolute Gasteiger partial charge is 0.573 e. The highest BCUT2D eigenvalue weighted by atomic mass is 19.4. The van der Waals surface area contributed by atoms with Crippen LogP contribution in [-0.2, 0) is 14.3 Å². The van der Waals surface area contributed by atoms with Crippen molar-refractivity contribution in [2.45, 2.75) is 50.8 Å². The number of alkyl halides is 3. The molecule has 1 fully saturated rings. The minimum absolute atomic E-state index is 0.0486. The average Bonchev–Trinajstić information content (AvgIpc) is 2.92. The summed E-state index contributed by atoms with van der Waals surface area (Å²) in [5, 5.41) is 11.6. The van der Waals surface area contributed by atoms with Gasteiger partial charge in [0.1, 0.15) is 11.9 Å². The zero-order chi connectivity index (χ0) is 18.6. The molecule has 3 unspecified atom stereocenters. The number of carbonyl (C=O) groups excluding carboxylic acids is 1. The molecule has 1 saturated heterocycles. The van der Waals surface area contributed by atoms with Crippen molar-refractivity contribution in [1.82, 2.24) is 5.32 Å². The van der Waals surface area contributed by atoms with Gasteiger partial charge in [-0.2, -0.15) is 0 Å². The summed E-state index contributed by atoms with van der Waals surface area (Å²) in [6.07, 6.45) is -4.66. The van der Waals surface area contributed by atoms with Gasteiger partial charge < -0.3 is 19.9 Å². The molecule has 2 rings (SSSR count). The number of benzene rings is 1. The van der Waals surface area contributed by atoms with E-state index in [-0.39, 0.29) is 6.10 Å². The normalized spacial score (nSPS) is 21.6. The second-order valence-corrected chi connectivity index (χ2v) is 5.79. The number of hydrogen-bond acceptors (Lipinski definition) is 4. The van der Waals surface area contributed by atoms with Crippen LogP contribution in [-0.4, -0.2) is 35.6 Å².